The first-order valence-corrected chi connectivity index (χ1v) is 11.3. The average molecular weight is 602 g/mol. The first kappa shape index (κ1) is 34.0. The van der Waals surface area contributed by atoms with E-state index in [9.17, 15) is 0 Å². The molecule has 0 aromatic heterocycles. The number of hydrogen-bond acceptors (Lipinski definition) is 1. The van der Waals surface area contributed by atoms with Gasteiger partial charge in [0, 0.05) is 21.1 Å². The Hall–Kier alpha value is -0.609. The van der Waals surface area contributed by atoms with Gasteiger partial charge in [-0.3, -0.25) is 0 Å². The smallest absolute Gasteiger partial charge is 0 e. The topological polar surface area (TPSA) is 43.0 Å². The maximum atomic E-state index is 7.50. The standard InChI is InChI=1S/C17H20N.C5H10.2CO.ClH.Mo.Pd/c1-14-8-10-15(11-9-14)12-16-6-4-5-7-17(16)13-18(2)3;1-2-4-5-3-1;2*1-2;;;/h4-12H,13H2,1-3H3;1-5H2;;;1H;;/q-1;;;;;;+2/p-1. The van der Waals surface area contributed by atoms with E-state index in [-0.39, 0.29) is 21.1 Å². The molecule has 0 N–H and O–H groups in total. The van der Waals surface area contributed by atoms with E-state index in [4.69, 9.17) is 9.30 Å². The van der Waals surface area contributed by atoms with Crippen molar-refractivity contribution in [3.8, 4) is 0 Å². The number of rotatable bonds is 4. The maximum absolute atomic E-state index is 7.50. The van der Waals surface area contributed by atoms with Gasteiger partial charge in [-0.05, 0) is 27.6 Å². The van der Waals surface area contributed by atoms with Gasteiger partial charge in [0.15, 0.2) is 0 Å². The molecule has 0 atom stereocenters. The summed E-state index contributed by atoms with van der Waals surface area (Å²) in [6, 6.07) is 17.2. The van der Waals surface area contributed by atoms with Crippen molar-refractivity contribution in [3.63, 3.8) is 0 Å². The van der Waals surface area contributed by atoms with E-state index in [2.05, 4.69) is 122 Å². The number of benzene rings is 2. The van der Waals surface area contributed by atoms with E-state index in [0.717, 1.165) is 6.54 Å². The third-order valence-corrected chi connectivity index (χ3v) is 4.19. The summed E-state index contributed by atoms with van der Waals surface area (Å²) < 4.78 is 15.0. The van der Waals surface area contributed by atoms with Gasteiger partial charge < -0.3 is 4.90 Å². The van der Waals surface area contributed by atoms with Crippen molar-refractivity contribution in [3.05, 3.63) is 90.5 Å². The van der Waals surface area contributed by atoms with Gasteiger partial charge in [0.25, 0.3) is 0 Å². The molecule has 2 aromatic carbocycles. The van der Waals surface area contributed by atoms with Crippen molar-refractivity contribution < 1.29 is 48.6 Å². The summed E-state index contributed by atoms with van der Waals surface area (Å²) in [5, 5.41) is 0. The molecule has 1 aliphatic rings. The minimum absolute atomic E-state index is 0. The van der Waals surface area contributed by atoms with Crippen molar-refractivity contribution in [1.29, 1.82) is 0 Å². The van der Waals surface area contributed by atoms with Crippen LogP contribution in [0, 0.1) is 26.6 Å². The molecule has 0 unspecified atom stereocenters. The first-order chi connectivity index (χ1) is 14.1. The summed E-state index contributed by atoms with van der Waals surface area (Å²) in [4.78, 5) is 2.20. The SMILES string of the molecule is C1CCCC1.Cc1ccc([CH-]c2ccccc2CN(C)C)cc1.[C-]#[O+].[C-]#[O+].[Cl][Pd+].[Mo]. The van der Waals surface area contributed by atoms with Crippen LogP contribution in [-0.2, 0) is 55.1 Å². The van der Waals surface area contributed by atoms with Gasteiger partial charge in [-0.1, -0.05) is 73.6 Å². The molecule has 0 radical (unpaired) electrons. The van der Waals surface area contributed by atoms with Crippen LogP contribution in [0.15, 0.2) is 48.5 Å². The molecule has 3 rings (SSSR count). The van der Waals surface area contributed by atoms with Gasteiger partial charge in [0.2, 0.25) is 0 Å². The molecule has 2 aromatic rings. The quantitative estimate of drug-likeness (QED) is 0.233. The molecular formula is C24H30ClMoNO2Pd. The fourth-order valence-corrected chi connectivity index (χ4v) is 2.89. The van der Waals surface area contributed by atoms with Crippen LogP contribution in [0.3, 0.4) is 0 Å². The molecule has 0 aliphatic heterocycles. The van der Waals surface area contributed by atoms with E-state index in [1.165, 1.54) is 54.4 Å². The first-order valence-electron chi connectivity index (χ1n) is 9.32. The molecule has 6 heteroatoms. The Kier molecular flexibility index (Phi) is 28.0. The zero-order chi connectivity index (χ0) is 22.5. The third-order valence-electron chi connectivity index (χ3n) is 4.19. The summed E-state index contributed by atoms with van der Waals surface area (Å²) in [7, 11) is 8.69. The second-order valence-electron chi connectivity index (χ2n) is 6.76. The van der Waals surface area contributed by atoms with Crippen LogP contribution in [-0.4, -0.2) is 19.0 Å². The van der Waals surface area contributed by atoms with E-state index in [0.29, 0.717) is 0 Å². The molecular weight excluding hydrogens is 572 g/mol. The van der Waals surface area contributed by atoms with Crippen molar-refractivity contribution in [2.24, 2.45) is 0 Å². The second kappa shape index (κ2) is 24.7. The van der Waals surface area contributed by atoms with Crippen LogP contribution in [0.4, 0.5) is 0 Å². The molecule has 1 aliphatic carbocycles. The number of hydrogen-bond donors (Lipinski definition) is 0. The summed E-state index contributed by atoms with van der Waals surface area (Å²) in [5.74, 6) is 0. The predicted molar refractivity (Wildman–Crippen MR) is 114 cm³/mol. The summed E-state index contributed by atoms with van der Waals surface area (Å²) in [6.45, 7) is 12.1. The Balaban J connectivity index is -0.000000510. The Morgan fingerprint density at radius 1 is 0.867 bits per heavy atom. The van der Waals surface area contributed by atoms with Crippen molar-refractivity contribution in [2.45, 2.75) is 45.6 Å². The minimum Gasteiger partial charge on any atom is 0 e. The normalized spacial score (nSPS) is 10.8. The van der Waals surface area contributed by atoms with Crippen LogP contribution in [0.2, 0.25) is 0 Å². The zero-order valence-electron chi connectivity index (χ0n) is 17.8. The Morgan fingerprint density at radius 2 is 1.30 bits per heavy atom. The summed E-state index contributed by atoms with van der Waals surface area (Å²) >= 11 is 2.22. The van der Waals surface area contributed by atoms with Gasteiger partial charge in [-0.25, -0.2) is 0 Å². The Morgan fingerprint density at radius 3 is 1.73 bits per heavy atom. The molecule has 1 saturated carbocycles. The molecule has 0 saturated heterocycles. The van der Waals surface area contributed by atoms with Gasteiger partial charge in [0.1, 0.15) is 0 Å². The van der Waals surface area contributed by atoms with Gasteiger partial charge in [0.05, 0.1) is 0 Å². The van der Waals surface area contributed by atoms with Crippen molar-refractivity contribution >= 4 is 9.53 Å². The predicted octanol–water partition coefficient (Wildman–Crippen LogP) is 6.22. The molecule has 30 heavy (non-hydrogen) atoms. The number of nitrogens with zero attached hydrogens (tertiary/aromatic N) is 1. The fourth-order valence-electron chi connectivity index (χ4n) is 2.89. The fraction of sp³-hybridized carbons (Fsp3) is 0.375. The second-order valence-corrected chi connectivity index (χ2v) is 6.76. The Labute approximate surface area is 212 Å². The minimum atomic E-state index is 0. The van der Waals surface area contributed by atoms with Crippen LogP contribution < -0.4 is 0 Å². The number of halogens is 1. The monoisotopic (exact) mass is 603 g/mol. The average Bonchev–Trinajstić information content (AvgIpc) is 3.35. The Bertz CT molecular complexity index is 658. The van der Waals surface area contributed by atoms with Crippen molar-refractivity contribution in [2.75, 3.05) is 14.1 Å². The van der Waals surface area contributed by atoms with Crippen LogP contribution in [0.5, 0.6) is 0 Å². The molecule has 1 fully saturated rings. The van der Waals surface area contributed by atoms with Gasteiger partial charge in [-0.15, -0.1) is 35.7 Å². The molecule has 3 nitrogen and oxygen atoms in total. The van der Waals surface area contributed by atoms with E-state index < -0.39 is 0 Å². The number of aryl methyl sites for hydroxylation is 1. The van der Waals surface area contributed by atoms with E-state index in [1.807, 2.05) is 0 Å². The zero-order valence-corrected chi connectivity index (χ0v) is 22.1. The molecule has 0 heterocycles. The summed E-state index contributed by atoms with van der Waals surface area (Å²) in [5.41, 5.74) is 5.22. The maximum Gasteiger partial charge on any atom is 0 e. The molecule has 166 valence electrons. The van der Waals surface area contributed by atoms with Crippen molar-refractivity contribution in [1.82, 2.24) is 4.90 Å². The molecule has 0 spiro atoms. The molecule has 0 bridgehead atoms. The van der Waals surface area contributed by atoms with Gasteiger partial charge in [-0.2, -0.15) is 0 Å². The van der Waals surface area contributed by atoms with Crippen LogP contribution >= 0.6 is 9.53 Å². The van der Waals surface area contributed by atoms with Gasteiger partial charge >= 0.3 is 50.3 Å². The van der Waals surface area contributed by atoms with Crippen LogP contribution in [0.1, 0.15) is 54.4 Å². The van der Waals surface area contributed by atoms with E-state index in [1.54, 1.807) is 0 Å². The summed E-state index contributed by atoms with van der Waals surface area (Å²) in [6.07, 6.45) is 9.75. The molecule has 0 amide bonds. The third kappa shape index (κ3) is 17.1. The van der Waals surface area contributed by atoms with E-state index >= 15 is 0 Å². The van der Waals surface area contributed by atoms with Crippen LogP contribution in [0.25, 0.3) is 0 Å². The largest absolute Gasteiger partial charge is 0 e.